The van der Waals surface area contributed by atoms with E-state index in [1.165, 1.54) is 53.6 Å². The molecule has 9 rings (SSSR count). The Morgan fingerprint density at radius 1 is 0.435 bits per heavy atom. The lowest BCUT2D eigenvalue weighted by atomic mass is 9.82. The third kappa shape index (κ3) is 4.22. The van der Waals surface area contributed by atoms with Crippen molar-refractivity contribution in [2.75, 3.05) is 0 Å². The molecule has 0 fully saturated rings. The summed E-state index contributed by atoms with van der Waals surface area (Å²) in [6.07, 6.45) is 0. The van der Waals surface area contributed by atoms with Crippen LogP contribution in [0.3, 0.4) is 0 Å². The fourth-order valence-corrected chi connectivity index (χ4v) is 8.09. The second-order valence-electron chi connectivity index (χ2n) is 12.5. The molecule has 0 bridgehead atoms. The first-order chi connectivity index (χ1) is 22.5. The van der Waals surface area contributed by atoms with E-state index in [9.17, 15) is 0 Å². The van der Waals surface area contributed by atoms with Gasteiger partial charge in [-0.2, -0.15) is 0 Å². The van der Waals surface area contributed by atoms with Crippen LogP contribution in [0.5, 0.6) is 0 Å². The standard InChI is InChI=1S/C42H29N3S/c1-42(2)34-16-8-6-14-31(34)38-32(15-10-17-35(38)42)41-44-39(27-11-4-3-5-12-27)43-40(45-41)28-21-19-26(20-22-28)29-23-24-37-33(25-29)30-13-7-9-18-36(30)46-37/h3-25H,1-2H3. The van der Waals surface area contributed by atoms with E-state index in [1.54, 1.807) is 0 Å². The van der Waals surface area contributed by atoms with E-state index in [0.29, 0.717) is 17.5 Å². The second-order valence-corrected chi connectivity index (χ2v) is 13.5. The molecule has 0 spiro atoms. The summed E-state index contributed by atoms with van der Waals surface area (Å²) >= 11 is 1.85. The van der Waals surface area contributed by atoms with Crippen molar-refractivity contribution in [2.45, 2.75) is 19.3 Å². The molecule has 46 heavy (non-hydrogen) atoms. The van der Waals surface area contributed by atoms with Crippen LogP contribution in [0.2, 0.25) is 0 Å². The van der Waals surface area contributed by atoms with Gasteiger partial charge in [-0.3, -0.25) is 0 Å². The molecule has 0 amide bonds. The minimum absolute atomic E-state index is 0.103. The van der Waals surface area contributed by atoms with Crippen LogP contribution < -0.4 is 0 Å². The number of thiophene rings is 1. The van der Waals surface area contributed by atoms with Crippen molar-refractivity contribution in [2.24, 2.45) is 0 Å². The number of nitrogens with zero attached hydrogens (tertiary/aromatic N) is 3. The van der Waals surface area contributed by atoms with Gasteiger partial charge in [0.2, 0.25) is 0 Å². The maximum absolute atomic E-state index is 5.15. The van der Waals surface area contributed by atoms with Crippen LogP contribution in [0.15, 0.2) is 140 Å². The van der Waals surface area contributed by atoms with Gasteiger partial charge in [-0.15, -0.1) is 11.3 Å². The second kappa shape index (κ2) is 10.3. The molecule has 8 aromatic rings. The van der Waals surface area contributed by atoms with E-state index in [1.807, 2.05) is 29.5 Å². The van der Waals surface area contributed by atoms with Gasteiger partial charge >= 0.3 is 0 Å². The normalized spacial score (nSPS) is 13.2. The van der Waals surface area contributed by atoms with Gasteiger partial charge in [-0.1, -0.05) is 135 Å². The number of aromatic nitrogens is 3. The Morgan fingerprint density at radius 3 is 1.85 bits per heavy atom. The molecule has 0 saturated heterocycles. The molecular formula is C42H29N3S. The fourth-order valence-electron chi connectivity index (χ4n) is 7.00. The molecule has 1 aliphatic carbocycles. The van der Waals surface area contributed by atoms with Crippen LogP contribution in [-0.2, 0) is 5.41 Å². The van der Waals surface area contributed by atoms with Crippen molar-refractivity contribution in [1.29, 1.82) is 0 Å². The van der Waals surface area contributed by atoms with Gasteiger partial charge in [-0.05, 0) is 51.6 Å². The summed E-state index contributed by atoms with van der Waals surface area (Å²) in [6.45, 7) is 4.60. The van der Waals surface area contributed by atoms with Crippen LogP contribution in [0.25, 0.3) is 76.6 Å². The zero-order chi connectivity index (χ0) is 30.8. The van der Waals surface area contributed by atoms with Gasteiger partial charge in [0.15, 0.2) is 17.5 Å². The number of rotatable bonds is 4. The Kier molecular flexibility index (Phi) is 6.02. The van der Waals surface area contributed by atoms with Gasteiger partial charge in [0, 0.05) is 42.3 Å². The molecule has 0 radical (unpaired) electrons. The highest BCUT2D eigenvalue weighted by atomic mass is 32.1. The highest BCUT2D eigenvalue weighted by Crippen LogP contribution is 2.51. The van der Waals surface area contributed by atoms with Gasteiger partial charge in [-0.25, -0.2) is 15.0 Å². The van der Waals surface area contributed by atoms with Crippen molar-refractivity contribution in [3.05, 3.63) is 151 Å². The molecule has 2 heterocycles. The van der Waals surface area contributed by atoms with Crippen LogP contribution in [0.1, 0.15) is 25.0 Å². The average molecular weight is 608 g/mol. The monoisotopic (exact) mass is 607 g/mol. The molecule has 0 N–H and O–H groups in total. The van der Waals surface area contributed by atoms with Crippen molar-refractivity contribution >= 4 is 31.5 Å². The van der Waals surface area contributed by atoms with E-state index < -0.39 is 0 Å². The van der Waals surface area contributed by atoms with Crippen molar-refractivity contribution in [3.63, 3.8) is 0 Å². The fraction of sp³-hybridized carbons (Fsp3) is 0.0714. The number of hydrogen-bond acceptors (Lipinski definition) is 4. The Hall–Kier alpha value is -5.45. The Bertz CT molecular complexity index is 2440. The summed E-state index contributed by atoms with van der Waals surface area (Å²) in [6, 6.07) is 49.5. The largest absolute Gasteiger partial charge is 0.208 e. The van der Waals surface area contributed by atoms with E-state index in [4.69, 9.17) is 15.0 Å². The third-order valence-corrected chi connectivity index (χ3v) is 10.5. The molecule has 4 heteroatoms. The lowest BCUT2D eigenvalue weighted by molar-refractivity contribution is 0.660. The van der Waals surface area contributed by atoms with E-state index in [2.05, 4.69) is 135 Å². The SMILES string of the molecule is CC1(C)c2ccccc2-c2c(-c3nc(-c4ccccc4)nc(-c4ccc(-c5ccc6sc7ccccc7c6c5)cc4)n3)cccc21. The minimum atomic E-state index is -0.103. The Balaban J connectivity index is 1.18. The molecular weight excluding hydrogens is 579 g/mol. The van der Waals surface area contributed by atoms with Crippen LogP contribution in [0, 0.1) is 0 Å². The van der Waals surface area contributed by atoms with Crippen molar-refractivity contribution in [1.82, 2.24) is 15.0 Å². The molecule has 0 atom stereocenters. The van der Waals surface area contributed by atoms with E-state index >= 15 is 0 Å². The predicted octanol–water partition coefficient (Wildman–Crippen LogP) is 11.2. The summed E-state index contributed by atoms with van der Waals surface area (Å²) < 4.78 is 2.63. The predicted molar refractivity (Wildman–Crippen MR) is 192 cm³/mol. The molecule has 3 nitrogen and oxygen atoms in total. The lowest BCUT2D eigenvalue weighted by Crippen LogP contribution is -2.14. The molecule has 218 valence electrons. The number of fused-ring (bicyclic) bond motifs is 6. The number of hydrogen-bond donors (Lipinski definition) is 0. The van der Waals surface area contributed by atoms with Crippen LogP contribution in [0.4, 0.5) is 0 Å². The lowest BCUT2D eigenvalue weighted by Gasteiger charge is -2.21. The first-order valence-electron chi connectivity index (χ1n) is 15.6. The maximum Gasteiger partial charge on any atom is 0.164 e. The summed E-state index contributed by atoms with van der Waals surface area (Å²) in [4.78, 5) is 15.3. The molecule has 0 saturated carbocycles. The molecule has 0 unspecified atom stereocenters. The van der Waals surface area contributed by atoms with Gasteiger partial charge < -0.3 is 0 Å². The molecule has 1 aliphatic rings. The van der Waals surface area contributed by atoms with Crippen molar-refractivity contribution < 1.29 is 0 Å². The van der Waals surface area contributed by atoms with E-state index in [-0.39, 0.29) is 5.41 Å². The quantitative estimate of drug-likeness (QED) is 0.200. The third-order valence-electron chi connectivity index (χ3n) is 9.37. The van der Waals surface area contributed by atoms with Crippen LogP contribution in [-0.4, -0.2) is 15.0 Å². The summed E-state index contributed by atoms with van der Waals surface area (Å²) in [5.74, 6) is 2.02. The first-order valence-corrected chi connectivity index (χ1v) is 16.4. The summed E-state index contributed by atoms with van der Waals surface area (Å²) in [7, 11) is 0. The molecule has 6 aromatic carbocycles. The highest BCUT2D eigenvalue weighted by molar-refractivity contribution is 7.25. The topological polar surface area (TPSA) is 38.7 Å². The van der Waals surface area contributed by atoms with Gasteiger partial charge in [0.1, 0.15) is 0 Å². The van der Waals surface area contributed by atoms with Gasteiger partial charge in [0.05, 0.1) is 0 Å². The summed E-state index contributed by atoms with van der Waals surface area (Å²) in [5.41, 5.74) is 10.3. The van der Waals surface area contributed by atoms with Gasteiger partial charge in [0.25, 0.3) is 0 Å². The molecule has 2 aromatic heterocycles. The van der Waals surface area contributed by atoms with E-state index in [0.717, 1.165) is 16.7 Å². The average Bonchev–Trinajstić information content (AvgIpc) is 3.60. The van der Waals surface area contributed by atoms with Crippen molar-refractivity contribution in [3.8, 4) is 56.4 Å². The first kappa shape index (κ1) is 26.9. The maximum atomic E-state index is 5.15. The number of benzene rings is 6. The van der Waals surface area contributed by atoms with Crippen LogP contribution >= 0.6 is 11.3 Å². The smallest absolute Gasteiger partial charge is 0.164 e. The summed E-state index contributed by atoms with van der Waals surface area (Å²) in [5, 5.41) is 2.61. The Labute approximate surface area is 271 Å². The zero-order valence-electron chi connectivity index (χ0n) is 25.5. The highest BCUT2D eigenvalue weighted by Gasteiger charge is 2.37. The Morgan fingerprint density at radius 2 is 1.02 bits per heavy atom. The zero-order valence-corrected chi connectivity index (χ0v) is 26.3. The minimum Gasteiger partial charge on any atom is -0.208 e. The molecule has 0 aliphatic heterocycles.